The van der Waals surface area contributed by atoms with Gasteiger partial charge in [-0.05, 0) is 34.5 Å². The molecule has 2 aromatic rings. The Labute approximate surface area is 125 Å². The molecule has 0 amide bonds. The van der Waals surface area contributed by atoms with Crippen LogP contribution in [0.2, 0.25) is 0 Å². The Kier molecular flexibility index (Phi) is 3.76. The predicted octanol–water partition coefficient (Wildman–Crippen LogP) is 4.19. The lowest BCUT2D eigenvalue weighted by Crippen LogP contribution is -2.20. The molecule has 0 aliphatic carbocycles. The number of ether oxygens (including phenoxy) is 1. The van der Waals surface area contributed by atoms with Crippen LogP contribution in [0.5, 0.6) is 5.75 Å². The van der Waals surface area contributed by atoms with Crippen molar-refractivity contribution in [2.24, 2.45) is 0 Å². The number of para-hydroxylation sites is 1. The molecule has 0 saturated heterocycles. The predicted molar refractivity (Wildman–Crippen MR) is 78.4 cm³/mol. The summed E-state index contributed by atoms with van der Waals surface area (Å²) in [5.41, 5.74) is 1.26. The summed E-state index contributed by atoms with van der Waals surface area (Å²) < 4.78 is 20.1. The minimum absolute atomic E-state index is 0.149. The summed E-state index contributed by atoms with van der Waals surface area (Å²) in [6, 6.07) is 12.6. The maximum atomic E-state index is 14.1. The van der Waals surface area contributed by atoms with Crippen molar-refractivity contribution in [1.29, 1.82) is 0 Å². The van der Waals surface area contributed by atoms with Gasteiger partial charge in [-0.25, -0.2) is 4.39 Å². The van der Waals surface area contributed by atoms with Gasteiger partial charge in [0.05, 0.1) is 17.2 Å². The first kappa shape index (κ1) is 13.6. The lowest BCUT2D eigenvalue weighted by Gasteiger charge is -2.30. The molecule has 1 aliphatic heterocycles. The molecule has 0 radical (unpaired) electrons. The van der Waals surface area contributed by atoms with E-state index in [1.54, 1.807) is 18.2 Å². The molecule has 0 spiro atoms. The quantitative estimate of drug-likeness (QED) is 0.891. The van der Waals surface area contributed by atoms with Crippen LogP contribution in [0.1, 0.15) is 29.6 Å². The number of rotatable bonds is 2. The second-order valence-corrected chi connectivity index (χ2v) is 5.72. The summed E-state index contributed by atoms with van der Waals surface area (Å²) in [6.07, 6.45) is -0.207. The molecule has 20 heavy (non-hydrogen) atoms. The zero-order valence-corrected chi connectivity index (χ0v) is 12.3. The van der Waals surface area contributed by atoms with Crippen molar-refractivity contribution in [3.05, 3.63) is 63.9 Å². The second-order valence-electron chi connectivity index (χ2n) is 4.87. The largest absolute Gasteiger partial charge is 0.493 e. The normalized spacial score (nSPS) is 19.1. The maximum absolute atomic E-state index is 14.1. The SMILES string of the molecule is OC(c1cccc(Br)c1F)C1CCOc2ccccc21. The van der Waals surface area contributed by atoms with E-state index in [2.05, 4.69) is 15.9 Å². The Balaban J connectivity index is 2.00. The van der Waals surface area contributed by atoms with Crippen molar-refractivity contribution in [2.75, 3.05) is 6.61 Å². The van der Waals surface area contributed by atoms with Crippen LogP contribution in [0.25, 0.3) is 0 Å². The highest BCUT2D eigenvalue weighted by molar-refractivity contribution is 9.10. The van der Waals surface area contributed by atoms with Crippen LogP contribution in [0.15, 0.2) is 46.9 Å². The van der Waals surface area contributed by atoms with Gasteiger partial charge >= 0.3 is 0 Å². The summed E-state index contributed by atoms with van der Waals surface area (Å²) in [5, 5.41) is 10.6. The lowest BCUT2D eigenvalue weighted by atomic mass is 9.85. The molecule has 2 atom stereocenters. The van der Waals surface area contributed by atoms with Crippen LogP contribution in [-0.4, -0.2) is 11.7 Å². The van der Waals surface area contributed by atoms with Gasteiger partial charge in [0, 0.05) is 17.0 Å². The fraction of sp³-hybridized carbons (Fsp3) is 0.250. The molecule has 2 aromatic carbocycles. The molecule has 0 fully saturated rings. The third kappa shape index (κ3) is 2.34. The van der Waals surface area contributed by atoms with Crippen LogP contribution >= 0.6 is 15.9 Å². The number of benzene rings is 2. The molecule has 4 heteroatoms. The molecule has 1 N–H and O–H groups in total. The van der Waals surface area contributed by atoms with Gasteiger partial charge in [0.1, 0.15) is 11.6 Å². The lowest BCUT2D eigenvalue weighted by molar-refractivity contribution is 0.114. The average Bonchev–Trinajstić information content (AvgIpc) is 2.49. The minimum Gasteiger partial charge on any atom is -0.493 e. The molecule has 2 nitrogen and oxygen atoms in total. The highest BCUT2D eigenvalue weighted by Gasteiger charge is 2.30. The summed E-state index contributed by atoms with van der Waals surface area (Å²) in [5.74, 6) is 0.228. The number of fused-ring (bicyclic) bond motifs is 1. The van der Waals surface area contributed by atoms with Crippen molar-refractivity contribution >= 4 is 15.9 Å². The van der Waals surface area contributed by atoms with Gasteiger partial charge in [-0.2, -0.15) is 0 Å². The molecule has 0 aromatic heterocycles. The topological polar surface area (TPSA) is 29.5 Å². The molecule has 0 saturated carbocycles. The van der Waals surface area contributed by atoms with Gasteiger partial charge < -0.3 is 9.84 Å². The molecule has 0 bridgehead atoms. The molecular formula is C16H14BrFO2. The Morgan fingerprint density at radius 2 is 2.00 bits per heavy atom. The van der Waals surface area contributed by atoms with Crippen molar-refractivity contribution in [1.82, 2.24) is 0 Å². The number of aliphatic hydroxyl groups excluding tert-OH is 1. The number of halogens is 2. The van der Waals surface area contributed by atoms with E-state index >= 15 is 0 Å². The number of hydrogen-bond donors (Lipinski definition) is 1. The molecule has 3 rings (SSSR count). The third-order valence-corrected chi connectivity index (χ3v) is 4.30. The third-order valence-electron chi connectivity index (χ3n) is 3.69. The average molecular weight is 337 g/mol. The fourth-order valence-corrected chi connectivity index (χ4v) is 3.04. The van der Waals surface area contributed by atoms with Gasteiger partial charge in [0.2, 0.25) is 0 Å². The Morgan fingerprint density at radius 3 is 2.85 bits per heavy atom. The number of aliphatic hydroxyl groups is 1. The van der Waals surface area contributed by atoms with Gasteiger partial charge in [-0.15, -0.1) is 0 Å². The van der Waals surface area contributed by atoms with Crippen molar-refractivity contribution in [2.45, 2.75) is 18.4 Å². The molecule has 104 valence electrons. The zero-order valence-electron chi connectivity index (χ0n) is 10.7. The van der Waals surface area contributed by atoms with E-state index in [-0.39, 0.29) is 5.92 Å². The van der Waals surface area contributed by atoms with E-state index < -0.39 is 11.9 Å². The van der Waals surface area contributed by atoms with Crippen LogP contribution in [0.3, 0.4) is 0 Å². The van der Waals surface area contributed by atoms with E-state index in [4.69, 9.17) is 4.74 Å². The second kappa shape index (κ2) is 5.54. The minimum atomic E-state index is -0.877. The molecule has 2 unspecified atom stereocenters. The molecular weight excluding hydrogens is 323 g/mol. The molecule has 1 heterocycles. The van der Waals surface area contributed by atoms with E-state index in [1.165, 1.54) is 0 Å². The summed E-state index contributed by atoms with van der Waals surface area (Å²) in [4.78, 5) is 0. The summed E-state index contributed by atoms with van der Waals surface area (Å²) in [6.45, 7) is 0.536. The number of hydrogen-bond acceptors (Lipinski definition) is 2. The van der Waals surface area contributed by atoms with Gasteiger partial charge in [0.25, 0.3) is 0 Å². The summed E-state index contributed by atoms with van der Waals surface area (Å²) >= 11 is 3.16. The first-order valence-corrected chi connectivity index (χ1v) is 7.31. The van der Waals surface area contributed by atoms with E-state index in [9.17, 15) is 9.50 Å². The highest BCUT2D eigenvalue weighted by Crippen LogP contribution is 2.42. The highest BCUT2D eigenvalue weighted by atomic mass is 79.9. The van der Waals surface area contributed by atoms with Crippen molar-refractivity contribution in [3.8, 4) is 5.75 Å². The smallest absolute Gasteiger partial charge is 0.143 e. The Morgan fingerprint density at radius 1 is 1.20 bits per heavy atom. The van der Waals surface area contributed by atoms with Crippen LogP contribution in [-0.2, 0) is 0 Å². The van der Waals surface area contributed by atoms with Crippen LogP contribution in [0.4, 0.5) is 4.39 Å². The van der Waals surface area contributed by atoms with Crippen molar-refractivity contribution in [3.63, 3.8) is 0 Å². The monoisotopic (exact) mass is 336 g/mol. The van der Waals surface area contributed by atoms with Crippen LogP contribution in [0, 0.1) is 5.82 Å². The van der Waals surface area contributed by atoms with Gasteiger partial charge in [-0.3, -0.25) is 0 Å². The zero-order chi connectivity index (χ0) is 14.1. The van der Waals surface area contributed by atoms with Gasteiger partial charge in [0.15, 0.2) is 0 Å². The maximum Gasteiger partial charge on any atom is 0.143 e. The Hall–Kier alpha value is -1.39. The van der Waals surface area contributed by atoms with E-state index in [0.29, 0.717) is 23.1 Å². The first-order chi connectivity index (χ1) is 9.68. The van der Waals surface area contributed by atoms with Crippen LogP contribution < -0.4 is 4.74 Å². The summed E-state index contributed by atoms with van der Waals surface area (Å²) in [7, 11) is 0. The first-order valence-electron chi connectivity index (χ1n) is 6.52. The van der Waals surface area contributed by atoms with E-state index in [0.717, 1.165) is 11.3 Å². The van der Waals surface area contributed by atoms with Crippen molar-refractivity contribution < 1.29 is 14.2 Å². The Bertz CT molecular complexity index is 630. The van der Waals surface area contributed by atoms with E-state index in [1.807, 2.05) is 24.3 Å². The molecule has 1 aliphatic rings. The van der Waals surface area contributed by atoms with Gasteiger partial charge in [-0.1, -0.05) is 30.3 Å². The standard InChI is InChI=1S/C16H14BrFO2/c17-13-6-3-5-12(15(13)18)16(19)11-8-9-20-14-7-2-1-4-10(11)14/h1-7,11,16,19H,8-9H2. The fourth-order valence-electron chi connectivity index (χ4n) is 2.66.